The van der Waals surface area contributed by atoms with Crippen LogP contribution < -0.4 is 5.43 Å². The number of benzene rings is 1. The van der Waals surface area contributed by atoms with E-state index >= 15 is 0 Å². The SMILES string of the molecule is CCCN1CCC(=NNC(=O)c2ccc([N+](=O)[O-])c(C)c2)CC1. The number of nitrogens with zero attached hydrogens (tertiary/aromatic N) is 3. The molecule has 1 heterocycles. The Balaban J connectivity index is 1.94. The molecule has 1 amide bonds. The number of hydrogen-bond donors (Lipinski definition) is 1. The van der Waals surface area contributed by atoms with E-state index in [-0.39, 0.29) is 11.6 Å². The molecule has 7 nitrogen and oxygen atoms in total. The monoisotopic (exact) mass is 318 g/mol. The van der Waals surface area contributed by atoms with Crippen molar-refractivity contribution in [3.63, 3.8) is 0 Å². The highest BCUT2D eigenvalue weighted by Crippen LogP contribution is 2.18. The van der Waals surface area contributed by atoms with E-state index in [1.54, 1.807) is 6.92 Å². The van der Waals surface area contributed by atoms with E-state index in [1.807, 2.05) is 0 Å². The Labute approximate surface area is 135 Å². The minimum atomic E-state index is -0.457. The zero-order chi connectivity index (χ0) is 16.8. The number of nitro groups is 1. The predicted molar refractivity (Wildman–Crippen MR) is 88.7 cm³/mol. The van der Waals surface area contributed by atoms with Crippen LogP contribution in [-0.2, 0) is 0 Å². The van der Waals surface area contributed by atoms with Crippen LogP contribution in [0.15, 0.2) is 23.3 Å². The quantitative estimate of drug-likeness (QED) is 0.667. The number of hydrazone groups is 1. The molecule has 1 aliphatic heterocycles. The van der Waals surface area contributed by atoms with Crippen molar-refractivity contribution in [2.45, 2.75) is 33.1 Å². The lowest BCUT2D eigenvalue weighted by molar-refractivity contribution is -0.385. The molecule has 0 radical (unpaired) electrons. The van der Waals surface area contributed by atoms with Gasteiger partial charge in [0.15, 0.2) is 0 Å². The van der Waals surface area contributed by atoms with Crippen molar-refractivity contribution in [1.82, 2.24) is 10.3 Å². The summed E-state index contributed by atoms with van der Waals surface area (Å²) in [5.74, 6) is -0.341. The molecular weight excluding hydrogens is 296 g/mol. The van der Waals surface area contributed by atoms with Crippen molar-refractivity contribution in [3.8, 4) is 0 Å². The summed E-state index contributed by atoms with van der Waals surface area (Å²) in [4.78, 5) is 24.8. The molecule has 0 unspecified atom stereocenters. The summed E-state index contributed by atoms with van der Waals surface area (Å²) in [6, 6.07) is 4.31. The summed E-state index contributed by atoms with van der Waals surface area (Å²) in [5.41, 5.74) is 4.39. The van der Waals surface area contributed by atoms with Gasteiger partial charge in [0, 0.05) is 48.8 Å². The lowest BCUT2D eigenvalue weighted by atomic mass is 10.1. The molecule has 0 aliphatic carbocycles. The van der Waals surface area contributed by atoms with Crippen LogP contribution in [0.25, 0.3) is 0 Å². The number of nitrogens with one attached hydrogen (secondary N) is 1. The lowest BCUT2D eigenvalue weighted by Gasteiger charge is -2.26. The maximum Gasteiger partial charge on any atom is 0.272 e. The van der Waals surface area contributed by atoms with E-state index in [1.165, 1.54) is 18.2 Å². The van der Waals surface area contributed by atoms with Gasteiger partial charge in [0.05, 0.1) is 4.92 Å². The summed E-state index contributed by atoms with van der Waals surface area (Å²) >= 11 is 0. The molecule has 1 N–H and O–H groups in total. The summed E-state index contributed by atoms with van der Waals surface area (Å²) in [5, 5.41) is 15.0. The van der Waals surface area contributed by atoms with Crippen LogP contribution in [-0.4, -0.2) is 41.1 Å². The lowest BCUT2D eigenvalue weighted by Crippen LogP contribution is -2.35. The Hall–Kier alpha value is -2.28. The van der Waals surface area contributed by atoms with Crippen LogP contribution in [0, 0.1) is 17.0 Å². The largest absolute Gasteiger partial charge is 0.303 e. The van der Waals surface area contributed by atoms with Gasteiger partial charge in [-0.15, -0.1) is 0 Å². The molecule has 7 heteroatoms. The summed E-state index contributed by atoms with van der Waals surface area (Å²) < 4.78 is 0. The number of aryl methyl sites for hydroxylation is 1. The molecule has 0 aromatic heterocycles. The first-order valence-electron chi connectivity index (χ1n) is 7.84. The van der Waals surface area contributed by atoms with Crippen LogP contribution in [0.4, 0.5) is 5.69 Å². The Morgan fingerprint density at radius 1 is 1.39 bits per heavy atom. The van der Waals surface area contributed by atoms with Crippen LogP contribution in [0.3, 0.4) is 0 Å². The number of likely N-dealkylation sites (tertiary alicyclic amines) is 1. The number of hydrogen-bond acceptors (Lipinski definition) is 5. The van der Waals surface area contributed by atoms with E-state index in [9.17, 15) is 14.9 Å². The van der Waals surface area contributed by atoms with Gasteiger partial charge in [-0.2, -0.15) is 5.10 Å². The molecular formula is C16H22N4O3. The second kappa shape index (κ2) is 7.82. The second-order valence-electron chi connectivity index (χ2n) is 5.72. The van der Waals surface area contributed by atoms with Crippen molar-refractivity contribution in [2.24, 2.45) is 5.10 Å². The first-order chi connectivity index (χ1) is 11.0. The molecule has 124 valence electrons. The van der Waals surface area contributed by atoms with Gasteiger partial charge in [-0.3, -0.25) is 14.9 Å². The maximum atomic E-state index is 12.1. The van der Waals surface area contributed by atoms with Gasteiger partial charge in [-0.1, -0.05) is 6.92 Å². The van der Waals surface area contributed by atoms with Gasteiger partial charge in [0.2, 0.25) is 0 Å². The number of carbonyl (C=O) groups excluding carboxylic acids is 1. The van der Waals surface area contributed by atoms with Gasteiger partial charge >= 0.3 is 0 Å². The third-order valence-electron chi connectivity index (χ3n) is 3.94. The van der Waals surface area contributed by atoms with Crippen molar-refractivity contribution in [2.75, 3.05) is 19.6 Å². The number of nitro benzene ring substituents is 1. The van der Waals surface area contributed by atoms with Gasteiger partial charge in [0.1, 0.15) is 0 Å². The van der Waals surface area contributed by atoms with Gasteiger partial charge < -0.3 is 4.90 Å². The van der Waals surface area contributed by atoms with Gasteiger partial charge in [0.25, 0.3) is 11.6 Å². The first-order valence-corrected chi connectivity index (χ1v) is 7.84. The van der Waals surface area contributed by atoms with E-state index in [4.69, 9.17) is 0 Å². The minimum Gasteiger partial charge on any atom is -0.303 e. The molecule has 0 saturated carbocycles. The van der Waals surface area contributed by atoms with E-state index in [0.29, 0.717) is 11.1 Å². The number of piperidine rings is 1. The highest BCUT2D eigenvalue weighted by Gasteiger charge is 2.16. The molecule has 1 saturated heterocycles. The van der Waals surface area contributed by atoms with E-state index in [2.05, 4.69) is 22.4 Å². The Kier molecular flexibility index (Phi) is 5.81. The number of rotatable bonds is 5. The molecule has 0 atom stereocenters. The fraction of sp³-hybridized carbons (Fsp3) is 0.500. The Morgan fingerprint density at radius 2 is 2.09 bits per heavy atom. The normalized spacial score (nSPS) is 15.3. The van der Waals surface area contributed by atoms with E-state index < -0.39 is 4.92 Å². The Morgan fingerprint density at radius 3 is 2.65 bits per heavy atom. The van der Waals surface area contributed by atoms with Crippen molar-refractivity contribution in [3.05, 3.63) is 39.4 Å². The topological polar surface area (TPSA) is 87.8 Å². The summed E-state index contributed by atoms with van der Waals surface area (Å²) in [6.45, 7) is 6.82. The number of amides is 1. The third-order valence-corrected chi connectivity index (χ3v) is 3.94. The van der Waals surface area contributed by atoms with Crippen LogP contribution >= 0.6 is 0 Å². The molecule has 1 aromatic carbocycles. The van der Waals surface area contributed by atoms with Crippen molar-refractivity contribution >= 4 is 17.3 Å². The van der Waals surface area contributed by atoms with Gasteiger partial charge in [-0.25, -0.2) is 5.43 Å². The van der Waals surface area contributed by atoms with E-state index in [0.717, 1.165) is 44.6 Å². The highest BCUT2D eigenvalue weighted by atomic mass is 16.6. The third kappa shape index (κ3) is 4.59. The predicted octanol–water partition coefficient (Wildman–Crippen LogP) is 2.49. The zero-order valence-corrected chi connectivity index (χ0v) is 13.5. The standard InChI is InChI=1S/C16H22N4O3/c1-3-8-19-9-6-14(7-10-19)17-18-16(21)13-4-5-15(20(22)23)12(2)11-13/h4-5,11H,3,6-10H2,1-2H3,(H,18,21). The summed E-state index contributed by atoms with van der Waals surface area (Å²) in [7, 11) is 0. The van der Waals surface area contributed by atoms with Crippen molar-refractivity contribution in [1.29, 1.82) is 0 Å². The fourth-order valence-corrected chi connectivity index (χ4v) is 2.66. The van der Waals surface area contributed by atoms with Crippen LogP contribution in [0.2, 0.25) is 0 Å². The highest BCUT2D eigenvalue weighted by molar-refractivity contribution is 5.96. The molecule has 1 fully saturated rings. The minimum absolute atomic E-state index is 0.0103. The second-order valence-corrected chi connectivity index (χ2v) is 5.72. The smallest absolute Gasteiger partial charge is 0.272 e. The molecule has 0 spiro atoms. The molecule has 0 bridgehead atoms. The molecule has 1 aliphatic rings. The molecule has 23 heavy (non-hydrogen) atoms. The Bertz CT molecular complexity index is 618. The first kappa shape index (κ1) is 17.1. The molecule has 1 aromatic rings. The average molecular weight is 318 g/mol. The van der Waals surface area contributed by atoms with Crippen molar-refractivity contribution < 1.29 is 9.72 Å². The maximum absolute atomic E-state index is 12.1. The fourth-order valence-electron chi connectivity index (χ4n) is 2.66. The summed E-state index contributed by atoms with van der Waals surface area (Å²) in [6.07, 6.45) is 2.86. The average Bonchev–Trinajstić information content (AvgIpc) is 2.53. The zero-order valence-electron chi connectivity index (χ0n) is 13.5. The number of carbonyl (C=O) groups is 1. The molecule has 2 rings (SSSR count). The van der Waals surface area contributed by atoms with Crippen LogP contribution in [0.5, 0.6) is 0 Å². The van der Waals surface area contributed by atoms with Gasteiger partial charge in [-0.05, 0) is 32.0 Å². The van der Waals surface area contributed by atoms with Crippen LogP contribution in [0.1, 0.15) is 42.1 Å².